The van der Waals surface area contributed by atoms with E-state index in [2.05, 4.69) is 11.4 Å². The molecule has 0 aliphatic rings. The van der Waals surface area contributed by atoms with Gasteiger partial charge in [-0.2, -0.15) is 0 Å². The van der Waals surface area contributed by atoms with Crippen molar-refractivity contribution < 1.29 is 9.59 Å². The van der Waals surface area contributed by atoms with Crippen molar-refractivity contribution in [1.29, 1.82) is 0 Å². The Labute approximate surface area is 218 Å². The third-order valence-corrected chi connectivity index (χ3v) is 6.56. The first-order chi connectivity index (χ1) is 16.8. The summed E-state index contributed by atoms with van der Waals surface area (Å²) in [6.45, 7) is 6.70. The average molecular weight is 511 g/mol. The van der Waals surface area contributed by atoms with Crippen LogP contribution in [0.5, 0.6) is 0 Å². The van der Waals surface area contributed by atoms with Crippen molar-refractivity contribution in [2.45, 2.75) is 52.6 Å². The summed E-state index contributed by atoms with van der Waals surface area (Å²) in [7, 11) is 0. The standard InChI is InChI=1S/C29H32Cl2N2O2/c1-4-13-32-29(35)27(17-22-9-6-5-7-10-22)33(19-24-25(30)11-8-12-26(24)31)28(34)18-23-15-20(2)14-21(3)16-23/h5-12,14-16,27H,4,13,17-19H2,1-3H3,(H,32,35). The monoisotopic (exact) mass is 510 g/mol. The number of nitrogens with zero attached hydrogens (tertiary/aromatic N) is 1. The molecule has 0 heterocycles. The predicted molar refractivity (Wildman–Crippen MR) is 144 cm³/mol. The first-order valence-electron chi connectivity index (χ1n) is 11.9. The van der Waals surface area contributed by atoms with Gasteiger partial charge in [0, 0.05) is 35.1 Å². The van der Waals surface area contributed by atoms with Crippen LogP contribution in [0, 0.1) is 13.8 Å². The van der Waals surface area contributed by atoms with E-state index >= 15 is 0 Å². The van der Waals surface area contributed by atoms with E-state index in [4.69, 9.17) is 23.2 Å². The number of benzene rings is 3. The van der Waals surface area contributed by atoms with Gasteiger partial charge in [0.1, 0.15) is 6.04 Å². The number of carbonyl (C=O) groups excluding carboxylic acids is 2. The van der Waals surface area contributed by atoms with Crippen molar-refractivity contribution in [2.75, 3.05) is 6.54 Å². The van der Waals surface area contributed by atoms with Gasteiger partial charge in [-0.1, -0.05) is 95.8 Å². The molecule has 0 radical (unpaired) electrons. The Hall–Kier alpha value is -2.82. The zero-order valence-electron chi connectivity index (χ0n) is 20.5. The summed E-state index contributed by atoms with van der Waals surface area (Å²) in [5, 5.41) is 3.92. The summed E-state index contributed by atoms with van der Waals surface area (Å²) in [6, 6.07) is 20.4. The lowest BCUT2D eigenvalue weighted by Crippen LogP contribution is -2.51. The number of amides is 2. The Bertz CT molecular complexity index is 1120. The minimum atomic E-state index is -0.713. The second-order valence-electron chi connectivity index (χ2n) is 8.89. The van der Waals surface area contributed by atoms with Gasteiger partial charge in [0.05, 0.1) is 6.42 Å². The van der Waals surface area contributed by atoms with Gasteiger partial charge in [-0.15, -0.1) is 0 Å². The van der Waals surface area contributed by atoms with E-state index < -0.39 is 6.04 Å². The molecule has 0 saturated heterocycles. The van der Waals surface area contributed by atoms with Gasteiger partial charge in [-0.25, -0.2) is 0 Å². The van der Waals surface area contributed by atoms with Gasteiger partial charge < -0.3 is 10.2 Å². The zero-order valence-corrected chi connectivity index (χ0v) is 22.0. The van der Waals surface area contributed by atoms with Crippen molar-refractivity contribution in [2.24, 2.45) is 0 Å². The van der Waals surface area contributed by atoms with E-state index in [9.17, 15) is 9.59 Å². The molecule has 0 aromatic heterocycles. The lowest BCUT2D eigenvalue weighted by molar-refractivity contribution is -0.140. The van der Waals surface area contributed by atoms with E-state index in [1.54, 1.807) is 23.1 Å². The Morgan fingerprint density at radius 1 is 0.886 bits per heavy atom. The number of hydrogen-bond donors (Lipinski definition) is 1. The highest BCUT2D eigenvalue weighted by Crippen LogP contribution is 2.27. The van der Waals surface area contributed by atoms with Crippen LogP contribution in [0.3, 0.4) is 0 Å². The van der Waals surface area contributed by atoms with Crippen LogP contribution in [-0.2, 0) is 29.0 Å². The Balaban J connectivity index is 2.02. The van der Waals surface area contributed by atoms with Gasteiger partial charge in [-0.05, 0) is 43.5 Å². The largest absolute Gasteiger partial charge is 0.354 e. The summed E-state index contributed by atoms with van der Waals surface area (Å²) >= 11 is 13.0. The van der Waals surface area contributed by atoms with Crippen LogP contribution in [0.4, 0.5) is 0 Å². The molecular formula is C29H32Cl2N2O2. The minimum Gasteiger partial charge on any atom is -0.354 e. The highest BCUT2D eigenvalue weighted by atomic mass is 35.5. The maximum atomic E-state index is 13.8. The molecule has 6 heteroatoms. The molecule has 3 aromatic carbocycles. The molecule has 4 nitrogen and oxygen atoms in total. The number of rotatable bonds is 10. The molecule has 1 atom stereocenters. The molecule has 2 amide bonds. The van der Waals surface area contributed by atoms with E-state index in [0.717, 1.165) is 28.7 Å². The molecule has 0 aliphatic heterocycles. The molecule has 0 aliphatic carbocycles. The molecule has 0 spiro atoms. The van der Waals surface area contributed by atoms with Crippen molar-refractivity contribution >= 4 is 35.0 Å². The number of halogens is 2. The first-order valence-corrected chi connectivity index (χ1v) is 12.6. The predicted octanol–water partition coefficient (Wildman–Crippen LogP) is 6.32. The van der Waals surface area contributed by atoms with Crippen LogP contribution in [0.1, 0.15) is 41.2 Å². The molecule has 3 aromatic rings. The molecule has 0 bridgehead atoms. The summed E-state index contributed by atoms with van der Waals surface area (Å²) in [6.07, 6.45) is 1.37. The fourth-order valence-corrected chi connectivity index (χ4v) is 4.74. The summed E-state index contributed by atoms with van der Waals surface area (Å²) in [5.74, 6) is -0.341. The van der Waals surface area contributed by atoms with Crippen molar-refractivity contribution in [1.82, 2.24) is 10.2 Å². The lowest BCUT2D eigenvalue weighted by Gasteiger charge is -2.32. The molecule has 1 N–H and O–H groups in total. The van der Waals surface area contributed by atoms with Crippen molar-refractivity contribution in [3.05, 3.63) is 105 Å². The SMILES string of the molecule is CCCNC(=O)C(Cc1ccccc1)N(Cc1c(Cl)cccc1Cl)C(=O)Cc1cc(C)cc(C)c1. The minimum absolute atomic E-state index is 0.138. The number of hydrogen-bond acceptors (Lipinski definition) is 2. The fraction of sp³-hybridized carbons (Fsp3) is 0.310. The van der Waals surface area contributed by atoms with Crippen LogP contribution in [0.25, 0.3) is 0 Å². The highest BCUT2D eigenvalue weighted by molar-refractivity contribution is 6.36. The average Bonchev–Trinajstić information content (AvgIpc) is 2.81. The molecule has 184 valence electrons. The Morgan fingerprint density at radius 3 is 2.11 bits per heavy atom. The third kappa shape index (κ3) is 7.58. The van der Waals surface area contributed by atoms with E-state index in [1.807, 2.05) is 63.2 Å². The van der Waals surface area contributed by atoms with Gasteiger partial charge in [0.15, 0.2) is 0 Å². The lowest BCUT2D eigenvalue weighted by atomic mass is 10.00. The number of carbonyl (C=O) groups is 2. The van der Waals surface area contributed by atoms with Crippen LogP contribution in [0.15, 0.2) is 66.7 Å². The molecule has 3 rings (SSSR count). The molecule has 0 saturated carbocycles. The van der Waals surface area contributed by atoms with Crippen molar-refractivity contribution in [3.8, 4) is 0 Å². The quantitative estimate of drug-likeness (QED) is 0.346. The van der Waals surface area contributed by atoms with Gasteiger partial charge >= 0.3 is 0 Å². The second-order valence-corrected chi connectivity index (χ2v) is 9.71. The van der Waals surface area contributed by atoms with E-state index in [-0.39, 0.29) is 24.8 Å². The van der Waals surface area contributed by atoms with Crippen LogP contribution in [0.2, 0.25) is 10.0 Å². The van der Waals surface area contributed by atoms with Gasteiger partial charge in [0.2, 0.25) is 11.8 Å². The molecule has 0 fully saturated rings. The van der Waals surface area contributed by atoms with Crippen LogP contribution < -0.4 is 5.32 Å². The maximum Gasteiger partial charge on any atom is 0.243 e. The zero-order chi connectivity index (χ0) is 25.4. The first kappa shape index (κ1) is 26.8. The van der Waals surface area contributed by atoms with Crippen LogP contribution >= 0.6 is 23.2 Å². The summed E-state index contributed by atoms with van der Waals surface area (Å²) in [4.78, 5) is 28.9. The maximum absolute atomic E-state index is 13.8. The second kappa shape index (κ2) is 12.8. The number of aryl methyl sites for hydroxylation is 2. The van der Waals surface area contributed by atoms with Crippen LogP contribution in [-0.4, -0.2) is 29.3 Å². The highest BCUT2D eigenvalue weighted by Gasteiger charge is 2.31. The van der Waals surface area contributed by atoms with Gasteiger partial charge in [-0.3, -0.25) is 9.59 Å². The molecular weight excluding hydrogens is 479 g/mol. The topological polar surface area (TPSA) is 49.4 Å². The summed E-state index contributed by atoms with van der Waals surface area (Å²) < 4.78 is 0. The Kier molecular flexibility index (Phi) is 9.76. The molecule has 35 heavy (non-hydrogen) atoms. The number of nitrogens with one attached hydrogen (secondary N) is 1. The smallest absolute Gasteiger partial charge is 0.243 e. The van der Waals surface area contributed by atoms with Gasteiger partial charge in [0.25, 0.3) is 0 Å². The normalized spacial score (nSPS) is 11.7. The third-order valence-electron chi connectivity index (χ3n) is 5.85. The molecule has 1 unspecified atom stereocenters. The van der Waals surface area contributed by atoms with E-state index in [1.165, 1.54) is 0 Å². The fourth-order valence-electron chi connectivity index (χ4n) is 4.22. The summed E-state index contributed by atoms with van der Waals surface area (Å²) in [5.41, 5.74) is 4.70. The van der Waals surface area contributed by atoms with E-state index in [0.29, 0.717) is 28.6 Å². The van der Waals surface area contributed by atoms with Crippen molar-refractivity contribution in [3.63, 3.8) is 0 Å². The Morgan fingerprint density at radius 2 is 1.51 bits per heavy atom.